The van der Waals surface area contributed by atoms with Crippen molar-refractivity contribution in [1.82, 2.24) is 0 Å². The summed E-state index contributed by atoms with van der Waals surface area (Å²) in [6.45, 7) is 9.16. The quantitative estimate of drug-likeness (QED) is 0.777. The molecule has 2 heteroatoms. The van der Waals surface area contributed by atoms with Gasteiger partial charge < -0.3 is 0 Å². The van der Waals surface area contributed by atoms with Crippen LogP contribution in [0.5, 0.6) is 0 Å². The summed E-state index contributed by atoms with van der Waals surface area (Å²) >= 11 is 0. The molecule has 2 nitrogen and oxygen atoms in total. The van der Waals surface area contributed by atoms with Gasteiger partial charge in [-0.15, -0.1) is 0 Å². The largest absolute Gasteiger partial charge is 0.300 e. The van der Waals surface area contributed by atoms with E-state index in [2.05, 4.69) is 31.2 Å². The summed E-state index contributed by atoms with van der Waals surface area (Å²) in [6, 6.07) is 8.28. The van der Waals surface area contributed by atoms with Gasteiger partial charge in [0.15, 0.2) is 0 Å². The van der Waals surface area contributed by atoms with Crippen LogP contribution < -0.4 is 0 Å². The van der Waals surface area contributed by atoms with Crippen LogP contribution >= 0.6 is 0 Å². The molecule has 3 atom stereocenters. The van der Waals surface area contributed by atoms with Crippen molar-refractivity contribution in [3.05, 3.63) is 35.4 Å². The van der Waals surface area contributed by atoms with Gasteiger partial charge in [-0.3, -0.25) is 9.59 Å². The summed E-state index contributed by atoms with van der Waals surface area (Å²) in [5, 5.41) is 0. The van der Waals surface area contributed by atoms with E-state index in [9.17, 15) is 9.59 Å². The second-order valence-corrected chi connectivity index (χ2v) is 5.46. The molecule has 0 bridgehead atoms. The fourth-order valence-electron chi connectivity index (χ4n) is 2.75. The number of Topliss-reactive ketones (excluding diaryl/α,β-unsaturated/α-hetero) is 2. The fraction of sp³-hybridized carbons (Fsp3) is 0.529. The van der Waals surface area contributed by atoms with Gasteiger partial charge >= 0.3 is 0 Å². The van der Waals surface area contributed by atoms with E-state index in [-0.39, 0.29) is 29.3 Å². The van der Waals surface area contributed by atoms with Crippen LogP contribution in [0.2, 0.25) is 0 Å². The molecular formula is C17H24O2. The number of carbonyl (C=O) groups is 2. The van der Waals surface area contributed by atoms with Crippen LogP contribution in [-0.4, -0.2) is 11.6 Å². The lowest BCUT2D eigenvalue weighted by molar-refractivity contribution is -0.130. The summed E-state index contributed by atoms with van der Waals surface area (Å²) in [6.07, 6.45) is 0.866. The second-order valence-electron chi connectivity index (χ2n) is 5.46. The third-order valence-electron chi connectivity index (χ3n) is 4.03. The van der Waals surface area contributed by atoms with Gasteiger partial charge in [-0.2, -0.15) is 0 Å². The van der Waals surface area contributed by atoms with Crippen LogP contribution in [0, 0.1) is 18.8 Å². The number of hydrogen-bond acceptors (Lipinski definition) is 2. The average molecular weight is 260 g/mol. The van der Waals surface area contributed by atoms with E-state index in [0.29, 0.717) is 0 Å². The maximum Gasteiger partial charge on any atom is 0.134 e. The molecule has 0 fully saturated rings. The molecule has 19 heavy (non-hydrogen) atoms. The van der Waals surface area contributed by atoms with Gasteiger partial charge in [0.1, 0.15) is 11.6 Å². The van der Waals surface area contributed by atoms with Crippen molar-refractivity contribution in [2.45, 2.75) is 47.0 Å². The van der Waals surface area contributed by atoms with Gasteiger partial charge in [0.25, 0.3) is 0 Å². The van der Waals surface area contributed by atoms with Crippen LogP contribution in [0.1, 0.15) is 51.2 Å². The molecule has 0 saturated heterocycles. The van der Waals surface area contributed by atoms with Crippen molar-refractivity contribution >= 4 is 11.6 Å². The first-order valence-electron chi connectivity index (χ1n) is 6.96. The molecule has 0 aromatic heterocycles. The SMILES string of the molecule is CCC(c1ccc(C)cc1)C(C(C)=O)C(C)C(C)=O. The molecule has 0 aliphatic rings. The minimum Gasteiger partial charge on any atom is -0.300 e. The van der Waals surface area contributed by atoms with E-state index >= 15 is 0 Å². The van der Waals surface area contributed by atoms with E-state index in [4.69, 9.17) is 0 Å². The standard InChI is InChI=1S/C17H24O2/c1-6-16(15-9-7-11(2)8-10-15)17(14(5)19)12(3)13(4)18/h7-10,12,16-17H,6H2,1-5H3. The van der Waals surface area contributed by atoms with Gasteiger partial charge in [0, 0.05) is 11.8 Å². The average Bonchev–Trinajstić information content (AvgIpc) is 2.35. The monoisotopic (exact) mass is 260 g/mol. The Morgan fingerprint density at radius 1 is 1.05 bits per heavy atom. The van der Waals surface area contributed by atoms with Crippen molar-refractivity contribution in [3.8, 4) is 0 Å². The van der Waals surface area contributed by atoms with Crippen LogP contribution in [-0.2, 0) is 9.59 Å². The summed E-state index contributed by atoms with van der Waals surface area (Å²) in [4.78, 5) is 23.6. The Balaban J connectivity index is 3.13. The van der Waals surface area contributed by atoms with E-state index in [0.717, 1.165) is 12.0 Å². The molecule has 0 N–H and O–H groups in total. The van der Waals surface area contributed by atoms with Gasteiger partial charge in [-0.05, 0) is 38.7 Å². The molecule has 0 saturated carbocycles. The van der Waals surface area contributed by atoms with Gasteiger partial charge in [0.2, 0.25) is 0 Å². The summed E-state index contributed by atoms with van der Waals surface area (Å²) < 4.78 is 0. The normalized spacial score (nSPS) is 15.6. The molecule has 0 aliphatic heterocycles. The molecule has 1 aromatic carbocycles. The lowest BCUT2D eigenvalue weighted by atomic mass is 9.74. The van der Waals surface area contributed by atoms with E-state index < -0.39 is 0 Å². The fourth-order valence-corrected chi connectivity index (χ4v) is 2.75. The Morgan fingerprint density at radius 3 is 1.95 bits per heavy atom. The number of benzene rings is 1. The van der Waals surface area contributed by atoms with Crippen LogP contribution in [0.4, 0.5) is 0 Å². The van der Waals surface area contributed by atoms with E-state index in [1.54, 1.807) is 13.8 Å². The van der Waals surface area contributed by atoms with Gasteiger partial charge in [-0.1, -0.05) is 43.7 Å². The third kappa shape index (κ3) is 3.76. The number of aryl methyl sites for hydroxylation is 1. The summed E-state index contributed by atoms with van der Waals surface area (Å²) in [5.41, 5.74) is 2.36. The maximum absolute atomic E-state index is 12.0. The zero-order valence-corrected chi connectivity index (χ0v) is 12.6. The first-order valence-corrected chi connectivity index (χ1v) is 6.96. The zero-order chi connectivity index (χ0) is 14.6. The molecule has 0 radical (unpaired) electrons. The highest BCUT2D eigenvalue weighted by molar-refractivity contribution is 5.88. The lowest BCUT2D eigenvalue weighted by Crippen LogP contribution is -2.30. The number of ketones is 2. The molecule has 3 unspecified atom stereocenters. The Bertz CT molecular complexity index is 445. The maximum atomic E-state index is 12.0. The third-order valence-corrected chi connectivity index (χ3v) is 4.03. The molecule has 104 valence electrons. The van der Waals surface area contributed by atoms with Gasteiger partial charge in [-0.25, -0.2) is 0 Å². The van der Waals surface area contributed by atoms with Crippen molar-refractivity contribution in [3.63, 3.8) is 0 Å². The van der Waals surface area contributed by atoms with E-state index in [1.807, 2.05) is 13.8 Å². The highest BCUT2D eigenvalue weighted by Gasteiger charge is 2.32. The zero-order valence-electron chi connectivity index (χ0n) is 12.6. The molecule has 1 aromatic rings. The van der Waals surface area contributed by atoms with Crippen molar-refractivity contribution < 1.29 is 9.59 Å². The molecule has 1 rings (SSSR count). The summed E-state index contributed by atoms with van der Waals surface area (Å²) in [5.74, 6) is -0.119. The Morgan fingerprint density at radius 2 is 1.58 bits per heavy atom. The molecule has 0 spiro atoms. The predicted octanol–water partition coefficient (Wildman–Crippen LogP) is 3.92. The smallest absolute Gasteiger partial charge is 0.134 e. The molecular weight excluding hydrogens is 236 g/mol. The topological polar surface area (TPSA) is 34.1 Å². The summed E-state index contributed by atoms with van der Waals surface area (Å²) in [7, 11) is 0. The number of rotatable bonds is 6. The van der Waals surface area contributed by atoms with Crippen molar-refractivity contribution in [2.24, 2.45) is 11.8 Å². The second kappa shape index (κ2) is 6.65. The van der Waals surface area contributed by atoms with Crippen LogP contribution in [0.25, 0.3) is 0 Å². The van der Waals surface area contributed by atoms with Gasteiger partial charge in [0.05, 0.1) is 0 Å². The highest BCUT2D eigenvalue weighted by Crippen LogP contribution is 2.34. The highest BCUT2D eigenvalue weighted by atomic mass is 16.1. The first-order chi connectivity index (χ1) is 8.88. The number of carbonyl (C=O) groups excluding carboxylic acids is 2. The minimum atomic E-state index is -0.219. The van der Waals surface area contributed by atoms with Crippen molar-refractivity contribution in [2.75, 3.05) is 0 Å². The number of hydrogen-bond donors (Lipinski definition) is 0. The molecule has 0 heterocycles. The minimum absolute atomic E-state index is 0.0887. The van der Waals surface area contributed by atoms with Crippen molar-refractivity contribution in [1.29, 1.82) is 0 Å². The van der Waals surface area contributed by atoms with Crippen LogP contribution in [0.3, 0.4) is 0 Å². The molecule has 0 amide bonds. The molecule has 0 aliphatic carbocycles. The van der Waals surface area contributed by atoms with E-state index in [1.165, 1.54) is 5.56 Å². The Kier molecular flexibility index (Phi) is 5.46. The predicted molar refractivity (Wildman–Crippen MR) is 78.2 cm³/mol. The van der Waals surface area contributed by atoms with Crippen LogP contribution in [0.15, 0.2) is 24.3 Å². The Hall–Kier alpha value is -1.44. The Labute approximate surface area is 116 Å². The lowest BCUT2D eigenvalue weighted by Gasteiger charge is -2.28. The first kappa shape index (κ1) is 15.6.